The molecule has 0 aliphatic carbocycles. The van der Waals surface area contributed by atoms with Crippen LogP contribution in [-0.4, -0.2) is 38.0 Å². The maximum atomic E-state index is 12.0. The predicted molar refractivity (Wildman–Crippen MR) is 108 cm³/mol. The van der Waals surface area contributed by atoms with Crippen molar-refractivity contribution >= 4 is 23.2 Å². The number of hydrogen-bond donors (Lipinski definition) is 1. The van der Waals surface area contributed by atoms with Gasteiger partial charge in [-0.3, -0.25) is 9.59 Å². The van der Waals surface area contributed by atoms with E-state index < -0.39 is 5.41 Å². The number of hydrogen-bond acceptors (Lipinski definition) is 3. The van der Waals surface area contributed by atoms with Crippen molar-refractivity contribution in [2.75, 3.05) is 36.0 Å². The van der Waals surface area contributed by atoms with Crippen molar-refractivity contribution in [2.24, 2.45) is 11.3 Å². The minimum atomic E-state index is -0.422. The fourth-order valence-corrected chi connectivity index (χ4v) is 3.12. The first kappa shape index (κ1) is 20.3. The fraction of sp³-hybridized carbons (Fsp3) is 0.619. The van der Waals surface area contributed by atoms with Crippen LogP contribution in [0.25, 0.3) is 0 Å². The average Bonchev–Trinajstić information content (AvgIpc) is 2.58. The second kappa shape index (κ2) is 8.56. The van der Waals surface area contributed by atoms with Gasteiger partial charge in [0.15, 0.2) is 0 Å². The van der Waals surface area contributed by atoms with E-state index in [0.717, 1.165) is 24.7 Å². The standard InChI is InChI=1S/C21H33N3O2/c1-16-10-13-23(14-11-16)18-6-8-19(9-7-18)24(17(2)25)15-12-22-20(26)21(3,4)5/h6-9,16H,10-15H2,1-5H3,(H,22,26). The van der Waals surface area contributed by atoms with Crippen LogP contribution in [0.4, 0.5) is 11.4 Å². The van der Waals surface area contributed by atoms with Crippen molar-refractivity contribution in [3.63, 3.8) is 0 Å². The molecule has 0 aromatic heterocycles. The number of benzene rings is 1. The lowest BCUT2D eigenvalue weighted by atomic mass is 9.96. The molecule has 0 spiro atoms. The number of carbonyl (C=O) groups excluding carboxylic acids is 2. The van der Waals surface area contributed by atoms with E-state index >= 15 is 0 Å². The Kier molecular flexibility index (Phi) is 6.68. The van der Waals surface area contributed by atoms with Crippen LogP contribution in [0.2, 0.25) is 0 Å². The third-order valence-corrected chi connectivity index (χ3v) is 4.99. The van der Waals surface area contributed by atoms with Crippen LogP contribution in [0.1, 0.15) is 47.5 Å². The van der Waals surface area contributed by atoms with Gasteiger partial charge in [-0.1, -0.05) is 27.7 Å². The summed E-state index contributed by atoms with van der Waals surface area (Å²) in [7, 11) is 0. The monoisotopic (exact) mass is 359 g/mol. The number of anilines is 2. The zero-order valence-electron chi connectivity index (χ0n) is 16.8. The molecule has 0 unspecified atom stereocenters. The number of nitrogens with zero attached hydrogens (tertiary/aromatic N) is 2. The summed E-state index contributed by atoms with van der Waals surface area (Å²) in [4.78, 5) is 28.1. The molecule has 1 aliphatic rings. The third kappa shape index (κ3) is 5.48. The van der Waals surface area contributed by atoms with Gasteiger partial charge >= 0.3 is 0 Å². The Morgan fingerprint density at radius 2 is 1.73 bits per heavy atom. The Morgan fingerprint density at radius 1 is 1.15 bits per heavy atom. The molecule has 0 atom stereocenters. The lowest BCUT2D eigenvalue weighted by molar-refractivity contribution is -0.128. The molecule has 1 aromatic rings. The quantitative estimate of drug-likeness (QED) is 0.876. The zero-order chi connectivity index (χ0) is 19.3. The molecule has 5 heteroatoms. The first-order valence-corrected chi connectivity index (χ1v) is 9.60. The molecule has 2 amide bonds. The summed E-state index contributed by atoms with van der Waals surface area (Å²) in [6, 6.07) is 8.19. The molecule has 1 fully saturated rings. The molecule has 1 heterocycles. The van der Waals surface area contributed by atoms with Crippen LogP contribution in [0.15, 0.2) is 24.3 Å². The Bertz CT molecular complexity index is 611. The molecule has 144 valence electrons. The summed E-state index contributed by atoms with van der Waals surface area (Å²) in [5.74, 6) is 0.785. The Labute approximate surface area is 157 Å². The topological polar surface area (TPSA) is 52.7 Å². The maximum absolute atomic E-state index is 12.0. The molecule has 5 nitrogen and oxygen atoms in total. The maximum Gasteiger partial charge on any atom is 0.225 e. The summed E-state index contributed by atoms with van der Waals surface area (Å²) >= 11 is 0. The van der Waals surface area contributed by atoms with E-state index in [2.05, 4.69) is 29.3 Å². The fourth-order valence-electron chi connectivity index (χ4n) is 3.12. The highest BCUT2D eigenvalue weighted by atomic mass is 16.2. The van der Waals surface area contributed by atoms with Crippen molar-refractivity contribution < 1.29 is 9.59 Å². The van der Waals surface area contributed by atoms with E-state index in [0.29, 0.717) is 13.1 Å². The van der Waals surface area contributed by atoms with Gasteiger partial charge < -0.3 is 15.1 Å². The number of amides is 2. The highest BCUT2D eigenvalue weighted by molar-refractivity contribution is 5.91. The molecule has 1 aliphatic heterocycles. The lowest BCUT2D eigenvalue weighted by Gasteiger charge is -2.32. The molecule has 0 radical (unpaired) electrons. The third-order valence-electron chi connectivity index (χ3n) is 4.99. The van der Waals surface area contributed by atoms with Gasteiger partial charge in [0.25, 0.3) is 0 Å². The minimum Gasteiger partial charge on any atom is -0.372 e. The van der Waals surface area contributed by atoms with Gasteiger partial charge in [0, 0.05) is 49.9 Å². The van der Waals surface area contributed by atoms with Gasteiger partial charge in [0.2, 0.25) is 11.8 Å². The molecule has 1 saturated heterocycles. The first-order chi connectivity index (χ1) is 12.2. The predicted octanol–water partition coefficient (Wildman–Crippen LogP) is 3.44. The Morgan fingerprint density at radius 3 is 2.23 bits per heavy atom. The normalized spacial score (nSPS) is 15.7. The van der Waals surface area contributed by atoms with Crippen LogP contribution in [-0.2, 0) is 9.59 Å². The van der Waals surface area contributed by atoms with Gasteiger partial charge in [-0.05, 0) is 43.0 Å². The van der Waals surface area contributed by atoms with E-state index in [9.17, 15) is 9.59 Å². The number of nitrogens with one attached hydrogen (secondary N) is 1. The van der Waals surface area contributed by atoms with Crippen molar-refractivity contribution in [2.45, 2.75) is 47.5 Å². The number of piperidine rings is 1. The molecule has 26 heavy (non-hydrogen) atoms. The first-order valence-electron chi connectivity index (χ1n) is 9.60. The van der Waals surface area contributed by atoms with Crippen molar-refractivity contribution in [1.29, 1.82) is 0 Å². The minimum absolute atomic E-state index is 0.00400. The second-order valence-electron chi connectivity index (χ2n) is 8.36. The van der Waals surface area contributed by atoms with Crippen molar-refractivity contribution in [3.05, 3.63) is 24.3 Å². The second-order valence-corrected chi connectivity index (χ2v) is 8.36. The summed E-state index contributed by atoms with van der Waals surface area (Å²) < 4.78 is 0. The van der Waals surface area contributed by atoms with Crippen LogP contribution in [0.5, 0.6) is 0 Å². The summed E-state index contributed by atoms with van der Waals surface area (Å²) in [6.07, 6.45) is 2.46. The summed E-state index contributed by atoms with van der Waals surface area (Å²) in [5, 5.41) is 2.90. The van der Waals surface area contributed by atoms with Crippen LogP contribution >= 0.6 is 0 Å². The smallest absolute Gasteiger partial charge is 0.225 e. The van der Waals surface area contributed by atoms with Gasteiger partial charge in [0.05, 0.1) is 0 Å². The van der Waals surface area contributed by atoms with Gasteiger partial charge in [-0.25, -0.2) is 0 Å². The Hall–Kier alpha value is -2.04. The van der Waals surface area contributed by atoms with E-state index in [1.54, 1.807) is 11.8 Å². The highest BCUT2D eigenvalue weighted by Crippen LogP contribution is 2.25. The molecule has 1 N–H and O–H groups in total. The van der Waals surface area contributed by atoms with Crippen molar-refractivity contribution in [1.82, 2.24) is 5.32 Å². The number of rotatable bonds is 5. The van der Waals surface area contributed by atoms with Crippen molar-refractivity contribution in [3.8, 4) is 0 Å². The van der Waals surface area contributed by atoms with E-state index in [1.165, 1.54) is 18.5 Å². The van der Waals surface area contributed by atoms with E-state index in [-0.39, 0.29) is 11.8 Å². The molecule has 0 saturated carbocycles. The van der Waals surface area contributed by atoms with Gasteiger partial charge in [-0.15, -0.1) is 0 Å². The zero-order valence-corrected chi connectivity index (χ0v) is 16.8. The van der Waals surface area contributed by atoms with Gasteiger partial charge in [-0.2, -0.15) is 0 Å². The Balaban J connectivity index is 1.97. The molecular weight excluding hydrogens is 326 g/mol. The molecule has 1 aromatic carbocycles. The highest BCUT2D eigenvalue weighted by Gasteiger charge is 2.21. The SMILES string of the molecule is CC(=O)N(CCNC(=O)C(C)(C)C)c1ccc(N2CCC(C)CC2)cc1. The van der Waals surface area contributed by atoms with Crippen LogP contribution in [0, 0.1) is 11.3 Å². The lowest BCUT2D eigenvalue weighted by Crippen LogP contribution is -2.41. The largest absolute Gasteiger partial charge is 0.372 e. The number of carbonyl (C=O) groups is 2. The molecular formula is C21H33N3O2. The van der Waals surface area contributed by atoms with E-state index in [4.69, 9.17) is 0 Å². The van der Waals surface area contributed by atoms with E-state index in [1.807, 2.05) is 32.9 Å². The van der Waals surface area contributed by atoms with Crippen LogP contribution < -0.4 is 15.1 Å². The van der Waals surface area contributed by atoms with Gasteiger partial charge in [0.1, 0.15) is 0 Å². The van der Waals surface area contributed by atoms with Crippen LogP contribution in [0.3, 0.4) is 0 Å². The molecule has 0 bridgehead atoms. The summed E-state index contributed by atoms with van der Waals surface area (Å²) in [5.41, 5.74) is 1.66. The summed E-state index contributed by atoms with van der Waals surface area (Å²) in [6.45, 7) is 12.6. The molecule has 2 rings (SSSR count). The average molecular weight is 360 g/mol.